The maximum absolute atomic E-state index is 6.13. The largest absolute Gasteiger partial charge is 0.316 e. The smallest absolute Gasteiger partial charge is 0.0408 e. The van der Waals surface area contributed by atoms with Crippen molar-refractivity contribution in [2.75, 3.05) is 7.05 Å². The van der Waals surface area contributed by atoms with Gasteiger partial charge in [0.2, 0.25) is 0 Å². The summed E-state index contributed by atoms with van der Waals surface area (Å²) < 4.78 is 0. The summed E-state index contributed by atoms with van der Waals surface area (Å²) in [6, 6.07) is 8.90. The molecule has 0 aromatic heterocycles. The van der Waals surface area contributed by atoms with E-state index < -0.39 is 0 Å². The molecule has 0 aliphatic heterocycles. The average molecular weight is 294 g/mol. The predicted molar refractivity (Wildman–Crippen MR) is 88.4 cm³/mol. The second kappa shape index (κ2) is 6.95. The first-order chi connectivity index (χ1) is 9.55. The highest BCUT2D eigenvalue weighted by Gasteiger charge is 2.40. The van der Waals surface area contributed by atoms with Gasteiger partial charge in [0.15, 0.2) is 0 Å². The molecule has 1 aliphatic rings. The molecule has 0 radical (unpaired) electrons. The Morgan fingerprint density at radius 2 is 1.95 bits per heavy atom. The molecule has 1 fully saturated rings. The topological polar surface area (TPSA) is 12.0 Å². The van der Waals surface area contributed by atoms with Crippen molar-refractivity contribution in [3.8, 4) is 0 Å². The normalized spacial score (nSPS) is 19.4. The van der Waals surface area contributed by atoms with Gasteiger partial charge < -0.3 is 5.32 Å². The minimum Gasteiger partial charge on any atom is -0.316 e. The van der Waals surface area contributed by atoms with Crippen molar-refractivity contribution in [2.45, 2.75) is 58.4 Å². The second-order valence-electron chi connectivity index (χ2n) is 6.84. The van der Waals surface area contributed by atoms with Crippen molar-refractivity contribution >= 4 is 11.6 Å². The van der Waals surface area contributed by atoms with E-state index in [1.54, 1.807) is 0 Å². The highest BCUT2D eigenvalue weighted by Crippen LogP contribution is 2.46. The molecule has 1 unspecified atom stereocenters. The van der Waals surface area contributed by atoms with E-state index in [1.165, 1.54) is 37.7 Å². The molecule has 1 nitrogen and oxygen atoms in total. The highest BCUT2D eigenvalue weighted by atomic mass is 35.5. The molecule has 1 aromatic rings. The Morgan fingerprint density at radius 3 is 2.50 bits per heavy atom. The van der Waals surface area contributed by atoms with E-state index in [0.29, 0.717) is 11.5 Å². The van der Waals surface area contributed by atoms with Crippen molar-refractivity contribution in [2.24, 2.45) is 11.3 Å². The number of hydrogen-bond acceptors (Lipinski definition) is 1. The summed E-state index contributed by atoms with van der Waals surface area (Å²) in [5.41, 5.74) is 1.83. The van der Waals surface area contributed by atoms with Crippen LogP contribution in [0.25, 0.3) is 0 Å². The van der Waals surface area contributed by atoms with Crippen LogP contribution in [0.5, 0.6) is 0 Å². The van der Waals surface area contributed by atoms with Gasteiger partial charge in [0.1, 0.15) is 0 Å². The number of likely N-dealkylation sites (N-methyl/N-ethyl adjacent to an activating group) is 1. The first kappa shape index (κ1) is 15.9. The fraction of sp³-hybridized carbons (Fsp3) is 0.667. The Hall–Kier alpha value is -0.530. The second-order valence-corrected chi connectivity index (χ2v) is 7.28. The van der Waals surface area contributed by atoms with Crippen molar-refractivity contribution in [1.29, 1.82) is 0 Å². The summed E-state index contributed by atoms with van der Waals surface area (Å²) in [5.74, 6) is 0.767. The van der Waals surface area contributed by atoms with E-state index in [4.69, 9.17) is 11.6 Å². The van der Waals surface area contributed by atoms with E-state index in [2.05, 4.69) is 44.4 Å². The number of nitrogens with one attached hydrogen (secondary N) is 1. The Labute approximate surface area is 129 Å². The summed E-state index contributed by atoms with van der Waals surface area (Å²) in [4.78, 5) is 0. The molecule has 2 heteroatoms. The fourth-order valence-corrected chi connectivity index (χ4v) is 4.32. The van der Waals surface area contributed by atoms with Crippen molar-refractivity contribution in [1.82, 2.24) is 5.32 Å². The zero-order valence-corrected chi connectivity index (χ0v) is 13.8. The summed E-state index contributed by atoms with van der Waals surface area (Å²) in [7, 11) is 2.12. The molecule has 20 heavy (non-hydrogen) atoms. The first-order valence-electron chi connectivity index (χ1n) is 7.97. The molecular weight excluding hydrogens is 266 g/mol. The van der Waals surface area contributed by atoms with Crippen LogP contribution < -0.4 is 5.32 Å². The third-order valence-electron chi connectivity index (χ3n) is 4.83. The van der Waals surface area contributed by atoms with E-state index in [-0.39, 0.29) is 0 Å². The number of benzene rings is 1. The van der Waals surface area contributed by atoms with E-state index in [1.807, 2.05) is 6.07 Å². The lowest BCUT2D eigenvalue weighted by Gasteiger charge is -2.39. The monoisotopic (exact) mass is 293 g/mol. The lowest BCUT2D eigenvalue weighted by Crippen LogP contribution is -2.44. The Morgan fingerprint density at radius 1 is 1.25 bits per heavy atom. The van der Waals surface area contributed by atoms with E-state index >= 15 is 0 Å². The molecular formula is C18H28ClN. The van der Waals surface area contributed by atoms with Crippen LogP contribution >= 0.6 is 11.6 Å². The third kappa shape index (κ3) is 3.77. The minimum absolute atomic E-state index is 0.477. The highest BCUT2D eigenvalue weighted by molar-refractivity contribution is 6.30. The quantitative estimate of drug-likeness (QED) is 0.771. The lowest BCUT2D eigenvalue weighted by atomic mass is 9.71. The van der Waals surface area contributed by atoms with E-state index in [9.17, 15) is 0 Å². The zero-order valence-electron chi connectivity index (χ0n) is 13.1. The van der Waals surface area contributed by atoms with Crippen LogP contribution in [-0.4, -0.2) is 13.1 Å². The first-order valence-corrected chi connectivity index (χ1v) is 8.35. The summed E-state index contributed by atoms with van der Waals surface area (Å²) in [6.45, 7) is 4.71. The van der Waals surface area contributed by atoms with Crippen molar-refractivity contribution < 1.29 is 0 Å². The predicted octanol–water partition coefficient (Wildman–Crippen LogP) is 5.08. The number of rotatable bonds is 6. The molecule has 0 spiro atoms. The van der Waals surface area contributed by atoms with Gasteiger partial charge in [0.25, 0.3) is 0 Å². The maximum Gasteiger partial charge on any atom is 0.0408 e. The summed E-state index contributed by atoms with van der Waals surface area (Å²) >= 11 is 6.13. The molecule has 0 saturated heterocycles. The van der Waals surface area contributed by atoms with Gasteiger partial charge in [-0.05, 0) is 61.8 Å². The Balaban J connectivity index is 2.16. The van der Waals surface area contributed by atoms with Gasteiger partial charge in [-0.25, -0.2) is 0 Å². The molecule has 1 atom stereocenters. The molecule has 2 rings (SSSR count). The maximum atomic E-state index is 6.13. The molecule has 1 aromatic carbocycles. The average Bonchev–Trinajstić information content (AvgIpc) is 2.84. The molecule has 1 aliphatic carbocycles. The number of halogens is 1. The lowest BCUT2D eigenvalue weighted by molar-refractivity contribution is 0.160. The fourth-order valence-electron chi connectivity index (χ4n) is 4.11. The van der Waals surface area contributed by atoms with Gasteiger partial charge in [-0.3, -0.25) is 0 Å². The molecule has 0 heterocycles. The van der Waals surface area contributed by atoms with Crippen molar-refractivity contribution in [3.63, 3.8) is 0 Å². The minimum atomic E-state index is 0.477. The van der Waals surface area contributed by atoms with Crippen LogP contribution in [0.4, 0.5) is 0 Å². The van der Waals surface area contributed by atoms with Crippen LogP contribution in [0.3, 0.4) is 0 Å². The number of hydrogen-bond donors (Lipinski definition) is 1. The molecule has 0 bridgehead atoms. The summed E-state index contributed by atoms with van der Waals surface area (Å²) in [5, 5.41) is 4.46. The van der Waals surface area contributed by atoms with Crippen LogP contribution in [0.2, 0.25) is 5.02 Å². The summed E-state index contributed by atoms with van der Waals surface area (Å²) in [6.07, 6.45) is 7.94. The van der Waals surface area contributed by atoms with Crippen LogP contribution in [-0.2, 0) is 6.42 Å². The zero-order chi connectivity index (χ0) is 14.6. The molecule has 1 N–H and O–H groups in total. The van der Waals surface area contributed by atoms with Gasteiger partial charge in [-0.2, -0.15) is 0 Å². The standard InChI is InChI=1S/C18H28ClN/c1-14(2)13-18(9-4-5-10-18)17(20-3)12-15-7-6-8-16(19)11-15/h6-8,11,14,17,20H,4-5,9-10,12-13H2,1-3H3. The van der Waals surface area contributed by atoms with E-state index in [0.717, 1.165) is 17.4 Å². The van der Waals surface area contributed by atoms with Gasteiger partial charge in [-0.15, -0.1) is 0 Å². The van der Waals surface area contributed by atoms with Gasteiger partial charge in [-0.1, -0.05) is 50.4 Å². The third-order valence-corrected chi connectivity index (χ3v) is 5.07. The van der Waals surface area contributed by atoms with Crippen LogP contribution in [0, 0.1) is 11.3 Å². The van der Waals surface area contributed by atoms with Crippen LogP contribution in [0.1, 0.15) is 51.5 Å². The Kier molecular flexibility index (Phi) is 5.51. The molecule has 1 saturated carbocycles. The van der Waals surface area contributed by atoms with Gasteiger partial charge in [0, 0.05) is 11.1 Å². The SMILES string of the molecule is CNC(Cc1cccc(Cl)c1)C1(CC(C)C)CCCC1. The molecule has 112 valence electrons. The molecule has 0 amide bonds. The van der Waals surface area contributed by atoms with Crippen LogP contribution in [0.15, 0.2) is 24.3 Å². The van der Waals surface area contributed by atoms with Gasteiger partial charge in [0.05, 0.1) is 0 Å². The van der Waals surface area contributed by atoms with Gasteiger partial charge >= 0.3 is 0 Å². The van der Waals surface area contributed by atoms with Crippen molar-refractivity contribution in [3.05, 3.63) is 34.9 Å². The Bertz CT molecular complexity index is 421.